The number of thiocarbonyl (C=S) groups is 1. The van der Waals surface area contributed by atoms with Crippen molar-refractivity contribution >= 4 is 33.9 Å². The third kappa shape index (κ3) is 1.84. The van der Waals surface area contributed by atoms with Crippen molar-refractivity contribution in [3.63, 3.8) is 0 Å². The van der Waals surface area contributed by atoms with Gasteiger partial charge in [-0.3, -0.25) is 0 Å². The van der Waals surface area contributed by atoms with E-state index in [2.05, 4.69) is 14.9 Å². The molecule has 0 fully saturated rings. The van der Waals surface area contributed by atoms with E-state index in [0.29, 0.717) is 5.11 Å². The highest BCUT2D eigenvalue weighted by molar-refractivity contribution is 7.80. The van der Waals surface area contributed by atoms with Crippen LogP contribution in [-0.4, -0.2) is 28.8 Å². The zero-order valence-electron chi connectivity index (χ0n) is 6.24. The molecule has 4 nitrogen and oxygen atoms in total. The van der Waals surface area contributed by atoms with E-state index in [1.54, 1.807) is 13.2 Å². The molecular formula is C5H8N4S2. The molecule has 0 radical (unpaired) electrons. The van der Waals surface area contributed by atoms with Crippen LogP contribution in [0.2, 0.25) is 0 Å². The quantitative estimate of drug-likeness (QED) is 0.649. The third-order valence-electron chi connectivity index (χ3n) is 1.20. The monoisotopic (exact) mass is 188 g/mol. The molecule has 0 bridgehead atoms. The van der Waals surface area contributed by atoms with Crippen LogP contribution < -0.4 is 10.2 Å². The first-order valence-corrected chi connectivity index (χ1v) is 4.16. The van der Waals surface area contributed by atoms with Crippen LogP contribution in [0.25, 0.3) is 0 Å². The van der Waals surface area contributed by atoms with Crippen molar-refractivity contribution in [2.24, 2.45) is 0 Å². The molecule has 0 saturated carbocycles. The summed E-state index contributed by atoms with van der Waals surface area (Å²) in [6.07, 6.45) is 1.67. The fourth-order valence-electron chi connectivity index (χ4n) is 0.578. The van der Waals surface area contributed by atoms with Gasteiger partial charge in [0.15, 0.2) is 5.11 Å². The largest absolute Gasteiger partial charge is 0.365 e. The number of aromatic nitrogens is 2. The average molecular weight is 188 g/mol. The molecule has 0 aliphatic heterocycles. The molecule has 0 aliphatic rings. The predicted octanol–water partition coefficient (Wildman–Crippen LogP) is 0.479. The van der Waals surface area contributed by atoms with Crippen molar-refractivity contribution in [2.75, 3.05) is 19.0 Å². The van der Waals surface area contributed by atoms with Gasteiger partial charge in [0.2, 0.25) is 0 Å². The van der Waals surface area contributed by atoms with Crippen LogP contribution in [0, 0.1) is 0 Å². The Balaban J connectivity index is 2.70. The molecule has 0 aliphatic carbocycles. The standard InChI is InChI=1S/C5H8N4S2/c1-6-5(10)9(2)4-3-7-8-11-4/h3H,1-2H3,(H,6,10). The fraction of sp³-hybridized carbons (Fsp3) is 0.400. The van der Waals surface area contributed by atoms with Crippen molar-refractivity contribution in [1.82, 2.24) is 14.9 Å². The van der Waals surface area contributed by atoms with Gasteiger partial charge in [0.25, 0.3) is 0 Å². The lowest BCUT2D eigenvalue weighted by Crippen LogP contribution is -2.33. The first kappa shape index (κ1) is 8.35. The van der Waals surface area contributed by atoms with Crippen molar-refractivity contribution in [3.8, 4) is 0 Å². The molecule has 0 saturated heterocycles. The highest BCUT2D eigenvalue weighted by Gasteiger charge is 2.05. The van der Waals surface area contributed by atoms with Gasteiger partial charge in [-0.1, -0.05) is 4.49 Å². The molecule has 1 aromatic rings. The number of nitrogens with zero attached hydrogens (tertiary/aromatic N) is 3. The molecule has 1 aromatic heterocycles. The lowest BCUT2D eigenvalue weighted by molar-refractivity contribution is 1.11. The molecule has 0 unspecified atom stereocenters. The second-order valence-electron chi connectivity index (χ2n) is 1.87. The summed E-state index contributed by atoms with van der Waals surface area (Å²) >= 11 is 6.30. The SMILES string of the molecule is CNC(=S)N(C)c1cnns1. The van der Waals surface area contributed by atoms with Gasteiger partial charge in [-0.05, 0) is 12.2 Å². The van der Waals surface area contributed by atoms with E-state index in [-0.39, 0.29) is 0 Å². The first-order chi connectivity index (χ1) is 5.25. The minimum atomic E-state index is 0.663. The minimum Gasteiger partial charge on any atom is -0.365 e. The van der Waals surface area contributed by atoms with Crippen LogP contribution in [0.1, 0.15) is 0 Å². The highest BCUT2D eigenvalue weighted by Crippen LogP contribution is 2.14. The minimum absolute atomic E-state index is 0.663. The van der Waals surface area contributed by atoms with E-state index < -0.39 is 0 Å². The van der Waals surface area contributed by atoms with E-state index in [4.69, 9.17) is 12.2 Å². The Morgan fingerprint density at radius 2 is 2.55 bits per heavy atom. The molecule has 6 heteroatoms. The molecule has 60 valence electrons. The maximum atomic E-state index is 4.99. The maximum Gasteiger partial charge on any atom is 0.173 e. The summed E-state index contributed by atoms with van der Waals surface area (Å²) in [6.45, 7) is 0. The summed E-state index contributed by atoms with van der Waals surface area (Å²) in [5, 5.41) is 8.16. The van der Waals surface area contributed by atoms with E-state index in [0.717, 1.165) is 5.00 Å². The van der Waals surface area contributed by atoms with Gasteiger partial charge in [0.1, 0.15) is 5.00 Å². The topological polar surface area (TPSA) is 41.0 Å². The van der Waals surface area contributed by atoms with Crippen LogP contribution in [0.15, 0.2) is 6.20 Å². The van der Waals surface area contributed by atoms with Crippen molar-refractivity contribution in [1.29, 1.82) is 0 Å². The Labute approximate surface area is 74.4 Å². The fourth-order valence-corrected chi connectivity index (χ4v) is 1.22. The van der Waals surface area contributed by atoms with Crippen LogP contribution in [0.5, 0.6) is 0 Å². The Hall–Kier alpha value is -0.750. The molecule has 0 spiro atoms. The lowest BCUT2D eigenvalue weighted by atomic mass is 10.7. The van der Waals surface area contributed by atoms with Crippen LogP contribution >= 0.6 is 23.8 Å². The third-order valence-corrected chi connectivity index (χ3v) is 2.42. The van der Waals surface area contributed by atoms with E-state index >= 15 is 0 Å². The maximum absolute atomic E-state index is 4.99. The number of anilines is 1. The average Bonchev–Trinajstić information content (AvgIpc) is 2.53. The summed E-state index contributed by atoms with van der Waals surface area (Å²) in [4.78, 5) is 1.82. The summed E-state index contributed by atoms with van der Waals surface area (Å²) in [5.74, 6) is 0. The van der Waals surface area contributed by atoms with Crippen LogP contribution in [-0.2, 0) is 0 Å². The normalized spacial score (nSPS) is 9.27. The second kappa shape index (κ2) is 3.59. The van der Waals surface area contributed by atoms with E-state index in [1.807, 2.05) is 11.9 Å². The Kier molecular flexibility index (Phi) is 2.72. The van der Waals surface area contributed by atoms with Gasteiger partial charge < -0.3 is 10.2 Å². The first-order valence-electron chi connectivity index (χ1n) is 2.98. The predicted molar refractivity (Wildman–Crippen MR) is 50.0 cm³/mol. The van der Waals surface area contributed by atoms with Gasteiger partial charge in [-0.15, -0.1) is 5.10 Å². The van der Waals surface area contributed by atoms with Gasteiger partial charge >= 0.3 is 0 Å². The molecular weight excluding hydrogens is 180 g/mol. The van der Waals surface area contributed by atoms with Crippen molar-refractivity contribution < 1.29 is 0 Å². The highest BCUT2D eigenvalue weighted by atomic mass is 32.1. The Bertz CT molecular complexity index is 233. The lowest BCUT2D eigenvalue weighted by Gasteiger charge is -2.15. The molecule has 0 aromatic carbocycles. The molecule has 11 heavy (non-hydrogen) atoms. The number of rotatable bonds is 1. The Morgan fingerprint density at radius 3 is 3.00 bits per heavy atom. The smallest absolute Gasteiger partial charge is 0.173 e. The number of nitrogens with one attached hydrogen (secondary N) is 1. The number of hydrogen-bond acceptors (Lipinski definition) is 4. The zero-order valence-corrected chi connectivity index (χ0v) is 7.87. The zero-order chi connectivity index (χ0) is 8.27. The van der Waals surface area contributed by atoms with Gasteiger partial charge in [-0.25, -0.2) is 0 Å². The molecule has 0 atom stereocenters. The molecule has 1 rings (SSSR count). The summed E-state index contributed by atoms with van der Waals surface area (Å²) in [7, 11) is 3.65. The molecule has 1 N–H and O–H groups in total. The summed E-state index contributed by atoms with van der Waals surface area (Å²) in [6, 6.07) is 0. The van der Waals surface area contributed by atoms with Gasteiger partial charge in [0, 0.05) is 25.6 Å². The van der Waals surface area contributed by atoms with Crippen LogP contribution in [0.4, 0.5) is 5.00 Å². The van der Waals surface area contributed by atoms with E-state index in [9.17, 15) is 0 Å². The van der Waals surface area contributed by atoms with Gasteiger partial charge in [0.05, 0.1) is 6.20 Å². The molecule has 1 heterocycles. The van der Waals surface area contributed by atoms with Crippen molar-refractivity contribution in [2.45, 2.75) is 0 Å². The second-order valence-corrected chi connectivity index (χ2v) is 3.02. The van der Waals surface area contributed by atoms with Crippen molar-refractivity contribution in [3.05, 3.63) is 6.20 Å². The summed E-state index contributed by atoms with van der Waals surface area (Å²) < 4.78 is 3.72. The Morgan fingerprint density at radius 1 is 1.82 bits per heavy atom. The van der Waals surface area contributed by atoms with E-state index in [1.165, 1.54) is 11.5 Å². The summed E-state index contributed by atoms with van der Waals surface area (Å²) in [5.41, 5.74) is 0. The van der Waals surface area contributed by atoms with Gasteiger partial charge in [-0.2, -0.15) is 0 Å². The van der Waals surface area contributed by atoms with Crippen LogP contribution in [0.3, 0.4) is 0 Å². The molecule has 0 amide bonds. The number of hydrogen-bond donors (Lipinski definition) is 1.